The van der Waals surface area contributed by atoms with E-state index in [1.54, 1.807) is 0 Å². The maximum atomic E-state index is 12.6. The molecule has 0 aromatic heterocycles. The van der Waals surface area contributed by atoms with Gasteiger partial charge in [0.2, 0.25) is 0 Å². The number of allylic oxidation sites excluding steroid dienone is 1. The number of alkyl halides is 9. The summed E-state index contributed by atoms with van der Waals surface area (Å²) in [7, 11) is 0. The van der Waals surface area contributed by atoms with Crippen LogP contribution in [0, 0.1) is 0 Å². The highest BCUT2D eigenvalue weighted by molar-refractivity contribution is 5.19. The van der Waals surface area contributed by atoms with Crippen molar-refractivity contribution in [1.29, 1.82) is 0 Å². The monoisotopic (exact) mass is 296 g/mol. The van der Waals surface area contributed by atoms with Crippen LogP contribution in [0.25, 0.3) is 0 Å². The lowest BCUT2D eigenvalue weighted by Gasteiger charge is -2.33. The first-order valence-electron chi connectivity index (χ1n) is 3.83. The molecule has 0 amide bonds. The first kappa shape index (κ1) is 17.0. The fraction of sp³-hybridized carbons (Fsp3) is 0.714. The highest BCUT2D eigenvalue weighted by Crippen LogP contribution is 2.55. The second-order valence-corrected chi connectivity index (χ2v) is 3.11. The summed E-state index contributed by atoms with van der Waals surface area (Å²) in [6, 6.07) is 0. The van der Waals surface area contributed by atoms with Crippen molar-refractivity contribution in [3.63, 3.8) is 0 Å². The third-order valence-electron chi connectivity index (χ3n) is 1.90. The number of rotatable bonds is 3. The van der Waals surface area contributed by atoms with Crippen LogP contribution in [-0.4, -0.2) is 23.9 Å². The van der Waals surface area contributed by atoms with Crippen molar-refractivity contribution in [3.05, 3.63) is 11.7 Å². The van der Waals surface area contributed by atoms with Crippen molar-refractivity contribution >= 4 is 0 Å². The molecule has 0 N–H and O–H groups in total. The van der Waals surface area contributed by atoms with Gasteiger partial charge in [-0.2, -0.15) is 48.3 Å². The molecule has 0 atom stereocenters. The summed E-state index contributed by atoms with van der Waals surface area (Å²) in [6.07, 6.45) is -10.5. The van der Waals surface area contributed by atoms with E-state index in [0.717, 1.165) is 0 Å². The second-order valence-electron chi connectivity index (χ2n) is 3.11. The van der Waals surface area contributed by atoms with Crippen LogP contribution < -0.4 is 0 Å². The molecule has 0 bridgehead atoms. The Hall–Kier alpha value is -1.03. The summed E-state index contributed by atoms with van der Waals surface area (Å²) < 4.78 is 133. The van der Waals surface area contributed by atoms with Crippen LogP contribution >= 0.6 is 0 Å². The van der Waals surface area contributed by atoms with Gasteiger partial charge in [0.15, 0.2) is 0 Å². The molecule has 108 valence electrons. The molecule has 0 aromatic rings. The van der Waals surface area contributed by atoms with Gasteiger partial charge in [0.05, 0.1) is 5.57 Å². The van der Waals surface area contributed by atoms with Gasteiger partial charge >= 0.3 is 23.9 Å². The van der Waals surface area contributed by atoms with Gasteiger partial charge in [-0.25, -0.2) is 0 Å². The highest BCUT2D eigenvalue weighted by atomic mass is 19.4. The maximum absolute atomic E-state index is 12.6. The third kappa shape index (κ3) is 2.26. The van der Waals surface area contributed by atoms with E-state index in [-0.39, 0.29) is 6.92 Å². The van der Waals surface area contributed by atoms with Crippen LogP contribution in [0.3, 0.4) is 0 Å². The summed E-state index contributed by atoms with van der Waals surface area (Å²) in [5, 5.41) is 0. The minimum atomic E-state index is -7.17. The molecular weight excluding hydrogens is 293 g/mol. The molecule has 0 unspecified atom stereocenters. The average Bonchev–Trinajstić information content (AvgIpc) is 2.13. The zero-order valence-corrected chi connectivity index (χ0v) is 8.16. The summed E-state index contributed by atoms with van der Waals surface area (Å²) in [5.74, 6) is -20.6. The minimum absolute atomic E-state index is 0.379. The number of halogens is 11. The smallest absolute Gasteiger partial charge is 0.194 e. The standard InChI is InChI=1S/C7H3F11/c1-2(3(8)9)4(10,11)5(12,13)6(14,15)7(16,17)18/h1H3. The van der Waals surface area contributed by atoms with Crippen LogP contribution in [0.4, 0.5) is 48.3 Å². The Morgan fingerprint density at radius 3 is 1.22 bits per heavy atom. The summed E-state index contributed by atoms with van der Waals surface area (Å²) in [6.45, 7) is -0.379. The summed E-state index contributed by atoms with van der Waals surface area (Å²) >= 11 is 0. The van der Waals surface area contributed by atoms with Crippen LogP contribution in [0.2, 0.25) is 0 Å². The molecular formula is C7H3F11. The van der Waals surface area contributed by atoms with Crippen LogP contribution in [0.5, 0.6) is 0 Å². The zero-order chi connectivity index (χ0) is 15.2. The van der Waals surface area contributed by atoms with Gasteiger partial charge in [-0.1, -0.05) is 0 Å². The predicted octanol–water partition coefficient (Wildman–Crippen LogP) is 4.63. The van der Waals surface area contributed by atoms with E-state index in [1.165, 1.54) is 0 Å². The molecule has 0 heterocycles. The quantitative estimate of drug-likeness (QED) is 0.666. The Morgan fingerprint density at radius 1 is 0.667 bits per heavy atom. The van der Waals surface area contributed by atoms with E-state index >= 15 is 0 Å². The fourth-order valence-corrected chi connectivity index (χ4v) is 0.729. The van der Waals surface area contributed by atoms with Crippen molar-refractivity contribution < 1.29 is 48.3 Å². The van der Waals surface area contributed by atoms with Crippen molar-refractivity contribution in [3.8, 4) is 0 Å². The lowest BCUT2D eigenvalue weighted by molar-refractivity contribution is -0.390. The van der Waals surface area contributed by atoms with Gasteiger partial charge in [0, 0.05) is 0 Å². The van der Waals surface area contributed by atoms with E-state index in [9.17, 15) is 48.3 Å². The minimum Gasteiger partial charge on any atom is -0.194 e. The van der Waals surface area contributed by atoms with Gasteiger partial charge in [-0.05, 0) is 6.92 Å². The Kier molecular flexibility index (Phi) is 4.02. The molecule has 11 heteroatoms. The molecule has 18 heavy (non-hydrogen) atoms. The topological polar surface area (TPSA) is 0 Å². The number of hydrogen-bond donors (Lipinski definition) is 0. The summed E-state index contributed by atoms with van der Waals surface area (Å²) in [5.41, 5.74) is -2.86. The molecule has 0 saturated heterocycles. The third-order valence-corrected chi connectivity index (χ3v) is 1.90. The average molecular weight is 296 g/mol. The Morgan fingerprint density at radius 2 is 1.00 bits per heavy atom. The molecule has 0 saturated carbocycles. The Balaban J connectivity index is 5.88. The molecule has 0 radical (unpaired) electrons. The first-order chi connectivity index (χ1) is 7.60. The van der Waals surface area contributed by atoms with Crippen LogP contribution in [0.1, 0.15) is 6.92 Å². The first-order valence-corrected chi connectivity index (χ1v) is 3.83. The highest BCUT2D eigenvalue weighted by Gasteiger charge is 2.82. The normalized spacial score (nSPS) is 14.7. The SMILES string of the molecule is CC(=C(F)F)C(F)(F)C(F)(F)C(F)(F)C(F)(F)F. The molecule has 0 aliphatic rings. The predicted molar refractivity (Wildman–Crippen MR) is 35.8 cm³/mol. The molecule has 0 spiro atoms. The number of hydrogen-bond acceptors (Lipinski definition) is 0. The van der Waals surface area contributed by atoms with E-state index in [0.29, 0.717) is 0 Å². The lowest BCUT2D eigenvalue weighted by atomic mass is 9.98. The van der Waals surface area contributed by atoms with Crippen LogP contribution in [0.15, 0.2) is 11.7 Å². The summed E-state index contributed by atoms with van der Waals surface area (Å²) in [4.78, 5) is 0. The van der Waals surface area contributed by atoms with E-state index in [4.69, 9.17) is 0 Å². The van der Waals surface area contributed by atoms with Crippen molar-refractivity contribution in [1.82, 2.24) is 0 Å². The second kappa shape index (κ2) is 4.26. The molecule has 0 aliphatic heterocycles. The fourth-order valence-electron chi connectivity index (χ4n) is 0.729. The Labute approximate surface area is 92.1 Å². The Bertz CT molecular complexity index is 343. The molecule has 0 rings (SSSR count). The largest absolute Gasteiger partial charge is 0.460 e. The van der Waals surface area contributed by atoms with E-state index in [1.807, 2.05) is 0 Å². The van der Waals surface area contributed by atoms with Gasteiger partial charge in [0.25, 0.3) is 6.08 Å². The zero-order valence-electron chi connectivity index (χ0n) is 8.16. The van der Waals surface area contributed by atoms with E-state index in [2.05, 4.69) is 0 Å². The van der Waals surface area contributed by atoms with E-state index < -0.39 is 35.6 Å². The van der Waals surface area contributed by atoms with Gasteiger partial charge < -0.3 is 0 Å². The lowest BCUT2D eigenvalue weighted by Crippen LogP contribution is -2.61. The maximum Gasteiger partial charge on any atom is 0.460 e. The van der Waals surface area contributed by atoms with Crippen molar-refractivity contribution in [2.45, 2.75) is 30.9 Å². The molecule has 0 fully saturated rings. The van der Waals surface area contributed by atoms with Crippen molar-refractivity contribution in [2.24, 2.45) is 0 Å². The van der Waals surface area contributed by atoms with Crippen molar-refractivity contribution in [2.75, 3.05) is 0 Å². The van der Waals surface area contributed by atoms with Gasteiger partial charge in [-0.3, -0.25) is 0 Å². The van der Waals surface area contributed by atoms with Crippen LogP contribution in [-0.2, 0) is 0 Å². The van der Waals surface area contributed by atoms with Gasteiger partial charge in [0.1, 0.15) is 0 Å². The molecule has 0 aromatic carbocycles. The molecule has 0 nitrogen and oxygen atoms in total. The molecule has 0 aliphatic carbocycles. The van der Waals surface area contributed by atoms with Gasteiger partial charge in [-0.15, -0.1) is 0 Å².